The number of hydrogen-bond acceptors (Lipinski definition) is 2. The van der Waals surface area contributed by atoms with Gasteiger partial charge in [-0.05, 0) is 70.3 Å². The summed E-state index contributed by atoms with van der Waals surface area (Å²) in [7, 11) is 2.17. The summed E-state index contributed by atoms with van der Waals surface area (Å²) in [5.74, 6) is 1.26. The predicted octanol–water partition coefficient (Wildman–Crippen LogP) is 3.09. The van der Waals surface area contributed by atoms with Crippen molar-refractivity contribution in [3.63, 3.8) is 0 Å². The van der Waals surface area contributed by atoms with E-state index in [0.29, 0.717) is 11.5 Å². The van der Waals surface area contributed by atoms with Crippen molar-refractivity contribution in [1.82, 2.24) is 15.5 Å². The van der Waals surface area contributed by atoms with Gasteiger partial charge in [0, 0.05) is 19.6 Å². The van der Waals surface area contributed by atoms with Crippen molar-refractivity contribution >= 4 is 5.96 Å². The van der Waals surface area contributed by atoms with Gasteiger partial charge in [0.15, 0.2) is 5.96 Å². The van der Waals surface area contributed by atoms with E-state index < -0.39 is 0 Å². The number of rotatable bonds is 5. The van der Waals surface area contributed by atoms with Gasteiger partial charge in [0.25, 0.3) is 0 Å². The Hall–Kier alpha value is -1.62. The molecule has 1 saturated heterocycles. The molecule has 1 heterocycles. The highest BCUT2D eigenvalue weighted by Crippen LogP contribution is 2.17. The highest BCUT2D eigenvalue weighted by molar-refractivity contribution is 5.80. The van der Waals surface area contributed by atoms with Crippen LogP contribution in [0, 0.1) is 18.7 Å². The van der Waals surface area contributed by atoms with Crippen molar-refractivity contribution in [2.75, 3.05) is 33.2 Å². The van der Waals surface area contributed by atoms with E-state index in [0.717, 1.165) is 31.2 Å². The van der Waals surface area contributed by atoms with Crippen LogP contribution in [0.1, 0.15) is 43.9 Å². The van der Waals surface area contributed by atoms with Gasteiger partial charge < -0.3 is 15.5 Å². The van der Waals surface area contributed by atoms with Crippen LogP contribution in [-0.2, 0) is 0 Å². The Morgan fingerprint density at radius 2 is 2.25 bits per heavy atom. The lowest BCUT2D eigenvalue weighted by molar-refractivity contribution is 0.214. The summed E-state index contributed by atoms with van der Waals surface area (Å²) in [5.41, 5.74) is 1.61. The molecule has 1 aliphatic rings. The van der Waals surface area contributed by atoms with Gasteiger partial charge in [0.05, 0.1) is 6.04 Å². The van der Waals surface area contributed by atoms with E-state index in [2.05, 4.69) is 29.5 Å². The average Bonchev–Trinajstić information content (AvgIpc) is 2.55. The molecule has 24 heavy (non-hydrogen) atoms. The molecule has 0 amide bonds. The molecular weight excluding hydrogens is 303 g/mol. The predicted molar refractivity (Wildman–Crippen MR) is 98.9 cm³/mol. The Morgan fingerprint density at radius 1 is 1.46 bits per heavy atom. The van der Waals surface area contributed by atoms with E-state index in [1.807, 2.05) is 19.1 Å². The Morgan fingerprint density at radius 3 is 2.92 bits per heavy atom. The minimum absolute atomic E-state index is 0.00642. The molecule has 4 nitrogen and oxygen atoms in total. The lowest BCUT2D eigenvalue weighted by Gasteiger charge is -2.29. The quantitative estimate of drug-likeness (QED) is 0.642. The number of hydrogen-bond donors (Lipinski definition) is 2. The van der Waals surface area contributed by atoms with Gasteiger partial charge in [-0.2, -0.15) is 0 Å². The van der Waals surface area contributed by atoms with Crippen LogP contribution in [0.5, 0.6) is 0 Å². The number of aryl methyl sites for hydroxylation is 1. The Balaban J connectivity index is 1.98. The summed E-state index contributed by atoms with van der Waals surface area (Å²) < 4.78 is 13.8. The maximum absolute atomic E-state index is 13.8. The first-order valence-electron chi connectivity index (χ1n) is 8.99. The second-order valence-corrected chi connectivity index (χ2v) is 6.86. The number of guanidine groups is 1. The normalized spacial score (nSPS) is 20.7. The summed E-state index contributed by atoms with van der Waals surface area (Å²) in [6.07, 6.45) is 2.49. The van der Waals surface area contributed by atoms with Gasteiger partial charge in [-0.15, -0.1) is 0 Å². The zero-order valence-electron chi connectivity index (χ0n) is 15.4. The highest BCUT2D eigenvalue weighted by atomic mass is 19.1. The molecule has 1 aromatic carbocycles. The molecular formula is C19H31FN4. The minimum atomic E-state index is -0.159. The fourth-order valence-electron chi connectivity index (χ4n) is 3.13. The van der Waals surface area contributed by atoms with Crippen molar-refractivity contribution in [2.45, 2.75) is 39.7 Å². The van der Waals surface area contributed by atoms with Gasteiger partial charge in [-0.25, -0.2) is 4.39 Å². The van der Waals surface area contributed by atoms with Crippen LogP contribution in [0.15, 0.2) is 23.2 Å². The largest absolute Gasteiger partial charge is 0.357 e. The van der Waals surface area contributed by atoms with E-state index in [-0.39, 0.29) is 11.9 Å². The Kier molecular flexibility index (Phi) is 7.03. The van der Waals surface area contributed by atoms with Crippen molar-refractivity contribution in [2.24, 2.45) is 10.9 Å². The van der Waals surface area contributed by atoms with Crippen LogP contribution in [0.4, 0.5) is 4.39 Å². The fraction of sp³-hybridized carbons (Fsp3) is 0.632. The van der Waals surface area contributed by atoms with Crippen LogP contribution in [0.3, 0.4) is 0 Å². The SMILES string of the molecule is CCNC(=NCC1CCCN(C)C1)NC(C)c1ccc(C)c(F)c1. The molecule has 134 valence electrons. The fourth-order valence-corrected chi connectivity index (χ4v) is 3.13. The van der Waals surface area contributed by atoms with E-state index >= 15 is 0 Å². The number of likely N-dealkylation sites (tertiary alicyclic amines) is 1. The van der Waals surface area contributed by atoms with E-state index in [1.54, 1.807) is 13.0 Å². The molecule has 0 radical (unpaired) electrons. The van der Waals surface area contributed by atoms with Gasteiger partial charge in [-0.1, -0.05) is 12.1 Å². The first kappa shape index (κ1) is 18.7. The van der Waals surface area contributed by atoms with Crippen LogP contribution in [0.2, 0.25) is 0 Å². The maximum Gasteiger partial charge on any atom is 0.191 e. The molecule has 1 aromatic rings. The first-order chi connectivity index (χ1) is 11.5. The number of halogens is 1. The molecule has 1 aliphatic heterocycles. The average molecular weight is 334 g/mol. The van der Waals surface area contributed by atoms with Crippen molar-refractivity contribution in [1.29, 1.82) is 0 Å². The molecule has 0 aliphatic carbocycles. The summed E-state index contributed by atoms with van der Waals surface area (Å²) >= 11 is 0. The van der Waals surface area contributed by atoms with E-state index in [1.165, 1.54) is 19.4 Å². The highest BCUT2D eigenvalue weighted by Gasteiger charge is 2.17. The van der Waals surface area contributed by atoms with Gasteiger partial charge in [0.1, 0.15) is 5.82 Å². The summed E-state index contributed by atoms with van der Waals surface area (Å²) in [6, 6.07) is 5.40. The third kappa shape index (κ3) is 5.48. The first-order valence-corrected chi connectivity index (χ1v) is 8.99. The van der Waals surface area contributed by atoms with Crippen molar-refractivity contribution < 1.29 is 4.39 Å². The maximum atomic E-state index is 13.8. The number of piperidine rings is 1. The topological polar surface area (TPSA) is 39.7 Å². The number of nitrogens with one attached hydrogen (secondary N) is 2. The molecule has 5 heteroatoms. The number of aliphatic imine (C=N–C) groups is 1. The van der Waals surface area contributed by atoms with Crippen LogP contribution < -0.4 is 10.6 Å². The molecule has 0 saturated carbocycles. The molecule has 0 aromatic heterocycles. The van der Waals surface area contributed by atoms with Crippen LogP contribution in [-0.4, -0.2) is 44.1 Å². The van der Waals surface area contributed by atoms with Crippen LogP contribution in [0.25, 0.3) is 0 Å². The molecule has 2 N–H and O–H groups in total. The third-order valence-corrected chi connectivity index (χ3v) is 4.62. The lowest BCUT2D eigenvalue weighted by Crippen LogP contribution is -2.40. The molecule has 0 bridgehead atoms. The smallest absolute Gasteiger partial charge is 0.191 e. The van der Waals surface area contributed by atoms with Gasteiger partial charge >= 0.3 is 0 Å². The molecule has 2 atom stereocenters. The third-order valence-electron chi connectivity index (χ3n) is 4.62. The zero-order chi connectivity index (χ0) is 17.5. The van der Waals surface area contributed by atoms with Gasteiger partial charge in [-0.3, -0.25) is 4.99 Å². The lowest BCUT2D eigenvalue weighted by atomic mass is 9.99. The van der Waals surface area contributed by atoms with E-state index in [9.17, 15) is 4.39 Å². The number of nitrogens with zero attached hydrogens (tertiary/aromatic N) is 2. The summed E-state index contributed by atoms with van der Waals surface area (Å²) in [5, 5.41) is 6.68. The van der Waals surface area contributed by atoms with Crippen LogP contribution >= 0.6 is 0 Å². The van der Waals surface area contributed by atoms with Crippen molar-refractivity contribution in [3.8, 4) is 0 Å². The summed E-state index contributed by atoms with van der Waals surface area (Å²) in [6.45, 7) is 9.81. The Bertz CT molecular complexity index is 558. The van der Waals surface area contributed by atoms with Crippen molar-refractivity contribution in [3.05, 3.63) is 35.1 Å². The van der Waals surface area contributed by atoms with E-state index in [4.69, 9.17) is 4.99 Å². The number of benzene rings is 1. The molecule has 2 unspecified atom stereocenters. The molecule has 2 rings (SSSR count). The van der Waals surface area contributed by atoms with Gasteiger partial charge in [0.2, 0.25) is 0 Å². The monoisotopic (exact) mass is 334 g/mol. The molecule has 0 spiro atoms. The Labute approximate surface area is 145 Å². The zero-order valence-corrected chi connectivity index (χ0v) is 15.4. The minimum Gasteiger partial charge on any atom is -0.357 e. The second kappa shape index (κ2) is 9.02. The standard InChI is InChI=1S/C19H31FN4/c1-5-21-19(22-12-16-7-6-10-24(4)13-16)23-15(3)17-9-8-14(2)18(20)11-17/h8-9,11,15-16H,5-7,10,12-13H2,1-4H3,(H2,21,22,23). The summed E-state index contributed by atoms with van der Waals surface area (Å²) in [4.78, 5) is 7.13. The molecule has 1 fully saturated rings. The second-order valence-electron chi connectivity index (χ2n) is 6.86.